The Balaban J connectivity index is 1.33. The molecule has 1 aliphatic rings. The SMILES string of the molecule is c1ccc2nc(CSc3nnc(-c4c[nH]c5ccccc45)n3C3CC3)ccc2c1. The summed E-state index contributed by atoms with van der Waals surface area (Å²) in [6.07, 6.45) is 4.43. The number of hydrogen-bond acceptors (Lipinski definition) is 4. The fourth-order valence-corrected chi connectivity index (χ4v) is 4.72. The molecule has 6 rings (SSSR count). The van der Waals surface area contributed by atoms with Gasteiger partial charge in [-0.2, -0.15) is 0 Å². The highest BCUT2D eigenvalue weighted by Gasteiger charge is 2.30. The van der Waals surface area contributed by atoms with Gasteiger partial charge in [0.2, 0.25) is 0 Å². The first kappa shape index (κ1) is 16.8. The largest absolute Gasteiger partial charge is 0.360 e. The predicted octanol–water partition coefficient (Wildman–Crippen LogP) is 5.60. The lowest BCUT2D eigenvalue weighted by Gasteiger charge is -2.08. The van der Waals surface area contributed by atoms with Gasteiger partial charge < -0.3 is 4.98 Å². The third kappa shape index (κ3) is 3.00. The van der Waals surface area contributed by atoms with Gasteiger partial charge >= 0.3 is 0 Å². The van der Waals surface area contributed by atoms with Gasteiger partial charge in [-0.15, -0.1) is 10.2 Å². The summed E-state index contributed by atoms with van der Waals surface area (Å²) in [5.74, 6) is 1.74. The van der Waals surface area contributed by atoms with Crippen molar-refractivity contribution in [2.75, 3.05) is 0 Å². The normalized spacial score (nSPS) is 14.1. The van der Waals surface area contributed by atoms with Crippen LogP contribution in [0.25, 0.3) is 33.2 Å². The molecular formula is C23H19N5S. The van der Waals surface area contributed by atoms with E-state index in [0.717, 1.165) is 39.0 Å². The number of pyridine rings is 1. The van der Waals surface area contributed by atoms with Crippen LogP contribution in [0.3, 0.4) is 0 Å². The molecule has 0 radical (unpaired) electrons. The lowest BCUT2D eigenvalue weighted by molar-refractivity contribution is 0.669. The van der Waals surface area contributed by atoms with Crippen molar-refractivity contribution in [3.05, 3.63) is 72.6 Å². The number of rotatable bonds is 5. The van der Waals surface area contributed by atoms with E-state index in [0.29, 0.717) is 6.04 Å². The molecule has 29 heavy (non-hydrogen) atoms. The van der Waals surface area contributed by atoms with Crippen molar-refractivity contribution < 1.29 is 0 Å². The molecule has 5 aromatic rings. The van der Waals surface area contributed by atoms with E-state index in [1.165, 1.54) is 23.6 Å². The summed E-state index contributed by atoms with van der Waals surface area (Å²) in [5.41, 5.74) is 4.35. The van der Waals surface area contributed by atoms with Gasteiger partial charge in [0, 0.05) is 39.8 Å². The molecule has 0 atom stereocenters. The molecule has 1 fully saturated rings. The molecule has 2 aromatic carbocycles. The maximum absolute atomic E-state index is 4.79. The third-order valence-corrected chi connectivity index (χ3v) is 6.39. The lowest BCUT2D eigenvalue weighted by atomic mass is 10.1. The third-order valence-electron chi connectivity index (χ3n) is 5.41. The monoisotopic (exact) mass is 397 g/mol. The van der Waals surface area contributed by atoms with Crippen molar-refractivity contribution in [2.45, 2.75) is 29.8 Å². The van der Waals surface area contributed by atoms with Crippen molar-refractivity contribution in [1.82, 2.24) is 24.7 Å². The number of aromatic nitrogens is 5. The standard InChI is InChI=1S/C23H19N5S/c1-3-7-20-15(5-1)9-10-16(25-20)14-29-23-27-26-22(28(23)17-11-12-17)19-13-24-21-8-4-2-6-18(19)21/h1-10,13,17,24H,11-12,14H2. The molecule has 6 heteroatoms. The van der Waals surface area contributed by atoms with Crippen LogP contribution in [-0.2, 0) is 5.75 Å². The van der Waals surface area contributed by atoms with Gasteiger partial charge in [-0.3, -0.25) is 9.55 Å². The number of para-hydroxylation sites is 2. The Morgan fingerprint density at radius 1 is 0.966 bits per heavy atom. The highest BCUT2D eigenvalue weighted by atomic mass is 32.2. The number of nitrogens with zero attached hydrogens (tertiary/aromatic N) is 4. The zero-order valence-electron chi connectivity index (χ0n) is 15.7. The summed E-state index contributed by atoms with van der Waals surface area (Å²) in [4.78, 5) is 8.15. The van der Waals surface area contributed by atoms with Crippen molar-refractivity contribution >= 4 is 33.6 Å². The Morgan fingerprint density at radius 2 is 1.83 bits per heavy atom. The Labute approximate surface area is 172 Å². The minimum atomic E-state index is 0.501. The van der Waals surface area contributed by atoms with E-state index < -0.39 is 0 Å². The van der Waals surface area contributed by atoms with Crippen LogP contribution in [-0.4, -0.2) is 24.7 Å². The summed E-state index contributed by atoms with van der Waals surface area (Å²) >= 11 is 1.72. The van der Waals surface area contributed by atoms with Crippen LogP contribution in [0.15, 0.2) is 72.0 Å². The topological polar surface area (TPSA) is 59.4 Å². The zero-order chi connectivity index (χ0) is 19.2. The van der Waals surface area contributed by atoms with E-state index in [1.54, 1.807) is 11.8 Å². The lowest BCUT2D eigenvalue weighted by Crippen LogP contribution is -2.00. The fourth-order valence-electron chi connectivity index (χ4n) is 3.80. The number of aromatic amines is 1. The number of fused-ring (bicyclic) bond motifs is 2. The average molecular weight is 398 g/mol. The smallest absolute Gasteiger partial charge is 0.192 e. The van der Waals surface area contributed by atoms with Crippen molar-refractivity contribution in [3.63, 3.8) is 0 Å². The maximum Gasteiger partial charge on any atom is 0.192 e. The molecule has 0 spiro atoms. The minimum absolute atomic E-state index is 0.501. The molecule has 0 unspecified atom stereocenters. The van der Waals surface area contributed by atoms with E-state index >= 15 is 0 Å². The molecule has 0 saturated heterocycles. The molecule has 5 nitrogen and oxygen atoms in total. The summed E-state index contributed by atoms with van der Waals surface area (Å²) in [6.45, 7) is 0. The van der Waals surface area contributed by atoms with E-state index in [9.17, 15) is 0 Å². The molecule has 3 heterocycles. The van der Waals surface area contributed by atoms with Gasteiger partial charge in [0.25, 0.3) is 0 Å². The quantitative estimate of drug-likeness (QED) is 0.392. The molecule has 3 aromatic heterocycles. The predicted molar refractivity (Wildman–Crippen MR) is 117 cm³/mol. The van der Waals surface area contributed by atoms with Gasteiger partial charge in [0.1, 0.15) is 0 Å². The van der Waals surface area contributed by atoms with Crippen LogP contribution < -0.4 is 0 Å². The summed E-state index contributed by atoms with van der Waals surface area (Å²) in [7, 11) is 0. The molecule has 142 valence electrons. The second-order valence-electron chi connectivity index (χ2n) is 7.44. The highest BCUT2D eigenvalue weighted by molar-refractivity contribution is 7.98. The van der Waals surface area contributed by atoms with Crippen LogP contribution in [0.1, 0.15) is 24.6 Å². The molecule has 1 saturated carbocycles. The molecule has 0 aliphatic heterocycles. The Morgan fingerprint density at radius 3 is 2.76 bits per heavy atom. The maximum atomic E-state index is 4.79. The number of nitrogens with one attached hydrogen (secondary N) is 1. The van der Waals surface area contributed by atoms with Crippen LogP contribution >= 0.6 is 11.8 Å². The average Bonchev–Trinajstić information content (AvgIpc) is 3.38. The molecule has 1 N–H and O–H groups in total. The van der Waals surface area contributed by atoms with Crippen molar-refractivity contribution in [1.29, 1.82) is 0 Å². The number of benzene rings is 2. The van der Waals surface area contributed by atoms with Crippen LogP contribution in [0.5, 0.6) is 0 Å². The first-order chi connectivity index (χ1) is 14.4. The fraction of sp³-hybridized carbons (Fsp3) is 0.174. The molecule has 0 bridgehead atoms. The Bertz CT molecular complexity index is 1330. The Kier molecular flexibility index (Phi) is 3.90. The number of H-pyrrole nitrogens is 1. The molecule has 1 aliphatic carbocycles. The van der Waals surface area contributed by atoms with Gasteiger partial charge in [0.15, 0.2) is 11.0 Å². The second kappa shape index (κ2) is 6.74. The van der Waals surface area contributed by atoms with Crippen LogP contribution in [0, 0.1) is 0 Å². The summed E-state index contributed by atoms with van der Waals surface area (Å²) in [5, 5.41) is 12.5. The van der Waals surface area contributed by atoms with Crippen LogP contribution in [0.2, 0.25) is 0 Å². The number of hydrogen-bond donors (Lipinski definition) is 1. The molecular weight excluding hydrogens is 378 g/mol. The van der Waals surface area contributed by atoms with Crippen molar-refractivity contribution in [3.8, 4) is 11.4 Å². The van der Waals surface area contributed by atoms with Gasteiger partial charge in [0.05, 0.1) is 11.2 Å². The second-order valence-corrected chi connectivity index (χ2v) is 8.38. The summed E-state index contributed by atoms with van der Waals surface area (Å²) < 4.78 is 2.32. The van der Waals surface area contributed by atoms with Crippen LogP contribution in [0.4, 0.5) is 0 Å². The first-order valence-corrected chi connectivity index (χ1v) is 10.8. The summed E-state index contributed by atoms with van der Waals surface area (Å²) in [6, 6.07) is 21.3. The van der Waals surface area contributed by atoms with Gasteiger partial charge in [-0.1, -0.05) is 54.2 Å². The van der Waals surface area contributed by atoms with E-state index in [2.05, 4.69) is 62.2 Å². The minimum Gasteiger partial charge on any atom is -0.360 e. The van der Waals surface area contributed by atoms with Gasteiger partial charge in [-0.25, -0.2) is 0 Å². The zero-order valence-corrected chi connectivity index (χ0v) is 16.6. The highest BCUT2D eigenvalue weighted by Crippen LogP contribution is 2.42. The molecule has 0 amide bonds. The number of thioether (sulfide) groups is 1. The van der Waals surface area contributed by atoms with E-state index in [4.69, 9.17) is 4.98 Å². The van der Waals surface area contributed by atoms with Crippen molar-refractivity contribution in [2.24, 2.45) is 0 Å². The Hall–Kier alpha value is -3.12. The van der Waals surface area contributed by atoms with Gasteiger partial charge in [-0.05, 0) is 31.0 Å². The van der Waals surface area contributed by atoms with E-state index in [1.807, 2.05) is 24.4 Å². The first-order valence-electron chi connectivity index (χ1n) is 9.86. The van der Waals surface area contributed by atoms with E-state index in [-0.39, 0.29) is 0 Å².